The van der Waals surface area contributed by atoms with Crippen LogP contribution in [0.3, 0.4) is 0 Å². The molecule has 1 aromatic heterocycles. The molecule has 0 radical (unpaired) electrons. The molecule has 0 aliphatic rings. The molecule has 0 saturated carbocycles. The van der Waals surface area contributed by atoms with E-state index in [2.05, 4.69) is 10.3 Å². The highest BCUT2D eigenvalue weighted by molar-refractivity contribution is 5.93. The lowest BCUT2D eigenvalue weighted by atomic mass is 10.1. The highest BCUT2D eigenvalue weighted by Gasteiger charge is 2.01. The van der Waals surface area contributed by atoms with Gasteiger partial charge >= 0.3 is 0 Å². The SMILES string of the molecule is NCCCNc1nccc2ccc(N)cc12. The fourth-order valence-corrected chi connectivity index (χ4v) is 1.64. The number of fused-ring (bicyclic) bond motifs is 1. The Morgan fingerprint density at radius 2 is 2.12 bits per heavy atom. The van der Waals surface area contributed by atoms with Crippen LogP contribution >= 0.6 is 0 Å². The standard InChI is InChI=1S/C12H16N4/c13-5-1-6-15-12-11-8-10(14)3-2-9(11)4-7-16-12/h2-4,7-8H,1,5-6,13-14H2,(H,15,16). The van der Waals surface area contributed by atoms with Gasteiger partial charge in [0.05, 0.1) is 0 Å². The van der Waals surface area contributed by atoms with Crippen molar-refractivity contribution in [1.82, 2.24) is 4.98 Å². The smallest absolute Gasteiger partial charge is 0.133 e. The Bertz CT molecular complexity index is 481. The quantitative estimate of drug-likeness (QED) is 0.535. The Morgan fingerprint density at radius 3 is 2.94 bits per heavy atom. The molecule has 5 N–H and O–H groups in total. The zero-order chi connectivity index (χ0) is 11.4. The number of nitrogens with two attached hydrogens (primary N) is 2. The number of rotatable bonds is 4. The average Bonchev–Trinajstić information content (AvgIpc) is 2.30. The van der Waals surface area contributed by atoms with Gasteiger partial charge in [-0.25, -0.2) is 4.98 Å². The van der Waals surface area contributed by atoms with Gasteiger partial charge in [-0.3, -0.25) is 0 Å². The molecule has 0 aliphatic heterocycles. The summed E-state index contributed by atoms with van der Waals surface area (Å²) in [5.74, 6) is 0.873. The third-order valence-corrected chi connectivity index (χ3v) is 2.46. The van der Waals surface area contributed by atoms with Crippen molar-refractivity contribution < 1.29 is 0 Å². The number of hydrogen-bond donors (Lipinski definition) is 3. The van der Waals surface area contributed by atoms with Crippen LogP contribution in [0, 0.1) is 0 Å². The van der Waals surface area contributed by atoms with Crippen LogP contribution in [-0.4, -0.2) is 18.1 Å². The Morgan fingerprint density at radius 1 is 1.25 bits per heavy atom. The molecule has 0 bridgehead atoms. The van der Waals surface area contributed by atoms with Gasteiger partial charge in [0.1, 0.15) is 5.82 Å². The van der Waals surface area contributed by atoms with E-state index in [1.807, 2.05) is 24.3 Å². The monoisotopic (exact) mass is 216 g/mol. The topological polar surface area (TPSA) is 77.0 Å². The van der Waals surface area contributed by atoms with Crippen molar-refractivity contribution in [2.24, 2.45) is 5.73 Å². The second kappa shape index (κ2) is 4.81. The molecule has 1 heterocycles. The van der Waals surface area contributed by atoms with Gasteiger partial charge in [-0.15, -0.1) is 0 Å². The number of hydrogen-bond acceptors (Lipinski definition) is 4. The molecule has 4 heteroatoms. The lowest BCUT2D eigenvalue weighted by molar-refractivity contribution is 0.871. The van der Waals surface area contributed by atoms with Crippen LogP contribution in [-0.2, 0) is 0 Å². The van der Waals surface area contributed by atoms with Gasteiger partial charge in [0, 0.05) is 23.8 Å². The number of nitrogens with one attached hydrogen (secondary N) is 1. The van der Waals surface area contributed by atoms with Gasteiger partial charge in [-0.1, -0.05) is 6.07 Å². The molecular weight excluding hydrogens is 200 g/mol. The average molecular weight is 216 g/mol. The molecule has 4 nitrogen and oxygen atoms in total. The van der Waals surface area contributed by atoms with Crippen LogP contribution in [0.2, 0.25) is 0 Å². The summed E-state index contributed by atoms with van der Waals surface area (Å²) < 4.78 is 0. The Kier molecular flexibility index (Phi) is 3.22. The first-order chi connectivity index (χ1) is 7.81. The molecule has 0 aliphatic carbocycles. The van der Waals surface area contributed by atoms with Gasteiger partial charge in [0.25, 0.3) is 0 Å². The summed E-state index contributed by atoms with van der Waals surface area (Å²) in [5.41, 5.74) is 12.0. The zero-order valence-electron chi connectivity index (χ0n) is 9.11. The first-order valence-corrected chi connectivity index (χ1v) is 5.39. The minimum Gasteiger partial charge on any atom is -0.399 e. The van der Waals surface area contributed by atoms with Crippen molar-refractivity contribution >= 4 is 22.3 Å². The first-order valence-electron chi connectivity index (χ1n) is 5.39. The first kappa shape index (κ1) is 10.7. The maximum absolute atomic E-state index is 5.77. The molecule has 2 aromatic rings. The largest absolute Gasteiger partial charge is 0.399 e. The summed E-state index contributed by atoms with van der Waals surface area (Å²) in [4.78, 5) is 4.31. The second-order valence-corrected chi connectivity index (χ2v) is 3.71. The van der Waals surface area contributed by atoms with Crippen LogP contribution in [0.4, 0.5) is 11.5 Å². The summed E-state index contributed by atoms with van der Waals surface area (Å²) in [5, 5.41) is 5.46. The van der Waals surface area contributed by atoms with E-state index in [1.54, 1.807) is 6.20 Å². The Labute approximate surface area is 94.7 Å². The van der Waals surface area contributed by atoms with Crippen molar-refractivity contribution in [3.05, 3.63) is 30.5 Å². The molecule has 0 unspecified atom stereocenters. The summed E-state index contributed by atoms with van der Waals surface area (Å²) in [6.45, 7) is 1.51. The minimum atomic E-state index is 0.680. The van der Waals surface area contributed by atoms with Crippen LogP contribution in [0.5, 0.6) is 0 Å². The van der Waals surface area contributed by atoms with E-state index >= 15 is 0 Å². The molecule has 0 amide bonds. The third-order valence-electron chi connectivity index (χ3n) is 2.46. The molecule has 0 fully saturated rings. The Hall–Kier alpha value is -1.81. The van der Waals surface area contributed by atoms with Crippen LogP contribution in [0.15, 0.2) is 30.5 Å². The maximum atomic E-state index is 5.77. The molecular formula is C12H16N4. The van der Waals surface area contributed by atoms with Crippen molar-refractivity contribution in [2.75, 3.05) is 24.1 Å². The minimum absolute atomic E-state index is 0.680. The fraction of sp³-hybridized carbons (Fsp3) is 0.250. The number of aromatic nitrogens is 1. The van der Waals surface area contributed by atoms with E-state index in [0.717, 1.165) is 35.2 Å². The molecule has 0 spiro atoms. The van der Waals surface area contributed by atoms with Crippen LogP contribution < -0.4 is 16.8 Å². The van der Waals surface area contributed by atoms with E-state index in [4.69, 9.17) is 11.5 Å². The Balaban J connectivity index is 2.32. The van der Waals surface area contributed by atoms with Gasteiger partial charge in [0.2, 0.25) is 0 Å². The molecule has 84 valence electrons. The molecule has 2 rings (SSSR count). The summed E-state index contributed by atoms with van der Waals surface area (Å²) in [6, 6.07) is 7.81. The maximum Gasteiger partial charge on any atom is 0.133 e. The fourth-order valence-electron chi connectivity index (χ4n) is 1.64. The highest BCUT2D eigenvalue weighted by atomic mass is 15.0. The van der Waals surface area contributed by atoms with Crippen LogP contribution in [0.1, 0.15) is 6.42 Å². The molecule has 0 atom stereocenters. The van der Waals surface area contributed by atoms with Crippen molar-refractivity contribution in [1.29, 1.82) is 0 Å². The normalized spacial score (nSPS) is 10.6. The predicted molar refractivity (Wildman–Crippen MR) is 68.3 cm³/mol. The predicted octanol–water partition coefficient (Wildman–Crippen LogP) is 1.58. The van der Waals surface area contributed by atoms with Crippen LogP contribution in [0.25, 0.3) is 10.8 Å². The number of nitrogens with zero attached hydrogens (tertiary/aromatic N) is 1. The molecule has 0 saturated heterocycles. The van der Waals surface area contributed by atoms with Gasteiger partial charge in [-0.05, 0) is 36.6 Å². The molecule has 16 heavy (non-hydrogen) atoms. The number of nitrogen functional groups attached to an aromatic ring is 1. The third kappa shape index (κ3) is 2.23. The van der Waals surface area contributed by atoms with E-state index in [1.165, 1.54) is 0 Å². The lowest BCUT2D eigenvalue weighted by Crippen LogP contribution is -2.09. The summed E-state index contributed by atoms with van der Waals surface area (Å²) in [6.07, 6.45) is 2.73. The van der Waals surface area contributed by atoms with Crippen molar-refractivity contribution in [3.63, 3.8) is 0 Å². The second-order valence-electron chi connectivity index (χ2n) is 3.71. The van der Waals surface area contributed by atoms with Gasteiger partial charge in [-0.2, -0.15) is 0 Å². The van der Waals surface area contributed by atoms with E-state index in [0.29, 0.717) is 6.54 Å². The van der Waals surface area contributed by atoms with E-state index in [-0.39, 0.29) is 0 Å². The zero-order valence-corrected chi connectivity index (χ0v) is 9.11. The number of benzene rings is 1. The number of pyridine rings is 1. The van der Waals surface area contributed by atoms with E-state index in [9.17, 15) is 0 Å². The van der Waals surface area contributed by atoms with E-state index < -0.39 is 0 Å². The number of anilines is 2. The van der Waals surface area contributed by atoms with Gasteiger partial charge in [0.15, 0.2) is 0 Å². The highest BCUT2D eigenvalue weighted by Crippen LogP contribution is 2.23. The van der Waals surface area contributed by atoms with Crippen molar-refractivity contribution in [3.8, 4) is 0 Å². The molecule has 1 aromatic carbocycles. The van der Waals surface area contributed by atoms with Crippen molar-refractivity contribution in [2.45, 2.75) is 6.42 Å². The summed E-state index contributed by atoms with van der Waals surface area (Å²) in [7, 11) is 0. The van der Waals surface area contributed by atoms with Gasteiger partial charge < -0.3 is 16.8 Å². The lowest BCUT2D eigenvalue weighted by Gasteiger charge is -2.08. The summed E-state index contributed by atoms with van der Waals surface area (Å²) >= 11 is 0.